The maximum atomic E-state index is 4.16. The number of nitrogens with one attached hydrogen (secondary N) is 1. The maximum absolute atomic E-state index is 4.16. The third-order valence-electron chi connectivity index (χ3n) is 2.40. The molecule has 1 aromatic rings. The van der Waals surface area contributed by atoms with Gasteiger partial charge in [-0.3, -0.25) is 4.68 Å². The van der Waals surface area contributed by atoms with Crippen molar-refractivity contribution < 1.29 is 0 Å². The summed E-state index contributed by atoms with van der Waals surface area (Å²) in [6, 6.07) is 0.405. The molecule has 3 heteroatoms. The van der Waals surface area contributed by atoms with Crippen molar-refractivity contribution in [2.75, 3.05) is 6.54 Å². The van der Waals surface area contributed by atoms with Crippen molar-refractivity contribution in [3.63, 3.8) is 0 Å². The van der Waals surface area contributed by atoms with Crippen LogP contribution in [0.3, 0.4) is 0 Å². The van der Waals surface area contributed by atoms with Crippen LogP contribution < -0.4 is 5.32 Å². The van der Waals surface area contributed by atoms with Crippen LogP contribution in [0.25, 0.3) is 0 Å². The zero-order chi connectivity index (χ0) is 10.6. The molecule has 0 radical (unpaired) electrons. The van der Waals surface area contributed by atoms with Gasteiger partial charge >= 0.3 is 0 Å². The van der Waals surface area contributed by atoms with E-state index < -0.39 is 0 Å². The second-order valence-electron chi connectivity index (χ2n) is 4.31. The zero-order valence-electron chi connectivity index (χ0n) is 9.62. The first-order valence-corrected chi connectivity index (χ1v) is 5.31. The number of hydrogen-bond donors (Lipinski definition) is 1. The first-order chi connectivity index (χ1) is 6.59. The summed E-state index contributed by atoms with van der Waals surface area (Å²) in [5, 5.41) is 7.65. The number of aryl methyl sites for hydroxylation is 1. The number of hydrogen-bond acceptors (Lipinski definition) is 2. The van der Waals surface area contributed by atoms with Crippen LogP contribution in [-0.2, 0) is 7.05 Å². The molecule has 3 nitrogen and oxygen atoms in total. The average molecular weight is 195 g/mol. The van der Waals surface area contributed by atoms with Crippen molar-refractivity contribution in [1.29, 1.82) is 0 Å². The van der Waals surface area contributed by atoms with E-state index in [9.17, 15) is 0 Å². The molecule has 0 saturated heterocycles. The number of aromatic nitrogens is 2. The molecule has 14 heavy (non-hydrogen) atoms. The minimum Gasteiger partial charge on any atom is -0.310 e. The van der Waals surface area contributed by atoms with E-state index >= 15 is 0 Å². The Balaban J connectivity index is 2.32. The van der Waals surface area contributed by atoms with Crippen LogP contribution in [0.2, 0.25) is 0 Å². The van der Waals surface area contributed by atoms with Crippen LogP contribution in [0, 0.1) is 5.92 Å². The summed E-state index contributed by atoms with van der Waals surface area (Å²) in [4.78, 5) is 0. The molecule has 1 aromatic heterocycles. The summed E-state index contributed by atoms with van der Waals surface area (Å²) in [6.45, 7) is 7.75. The monoisotopic (exact) mass is 195 g/mol. The molecule has 80 valence electrons. The Labute approximate surface area is 86.5 Å². The van der Waals surface area contributed by atoms with E-state index in [1.54, 1.807) is 0 Å². The Morgan fingerprint density at radius 2 is 2.14 bits per heavy atom. The molecular weight excluding hydrogens is 174 g/mol. The summed E-state index contributed by atoms with van der Waals surface area (Å²) in [5.41, 5.74) is 1.26. The predicted octanol–water partition coefficient (Wildman–Crippen LogP) is 2.12. The van der Waals surface area contributed by atoms with Crippen LogP contribution in [0.4, 0.5) is 0 Å². The predicted molar refractivity (Wildman–Crippen MR) is 59.1 cm³/mol. The summed E-state index contributed by atoms with van der Waals surface area (Å²) in [6.07, 6.45) is 5.21. The standard InChI is InChI=1S/C11H21N3/c1-9(2)5-6-12-10(3)11-7-13-14(4)8-11/h7-10,12H,5-6H2,1-4H3/t10-/m0/s1. The van der Waals surface area contributed by atoms with Gasteiger partial charge in [0, 0.05) is 24.8 Å². The van der Waals surface area contributed by atoms with Gasteiger partial charge in [-0.05, 0) is 25.8 Å². The summed E-state index contributed by atoms with van der Waals surface area (Å²) in [5.74, 6) is 0.767. The molecule has 1 N–H and O–H groups in total. The van der Waals surface area contributed by atoms with Gasteiger partial charge < -0.3 is 5.32 Å². The molecular formula is C11H21N3. The smallest absolute Gasteiger partial charge is 0.0537 e. The van der Waals surface area contributed by atoms with Gasteiger partial charge in [-0.25, -0.2) is 0 Å². The lowest BCUT2D eigenvalue weighted by atomic mass is 10.1. The molecule has 1 rings (SSSR count). The Kier molecular flexibility index (Phi) is 4.14. The van der Waals surface area contributed by atoms with E-state index in [0.717, 1.165) is 12.5 Å². The van der Waals surface area contributed by atoms with Crippen molar-refractivity contribution in [3.05, 3.63) is 18.0 Å². The molecule has 0 spiro atoms. The first-order valence-electron chi connectivity index (χ1n) is 5.31. The van der Waals surface area contributed by atoms with Crippen LogP contribution >= 0.6 is 0 Å². The molecule has 0 saturated carbocycles. The SMILES string of the molecule is CC(C)CCN[C@@H](C)c1cnn(C)c1. The topological polar surface area (TPSA) is 29.9 Å². The molecule has 0 aliphatic heterocycles. The van der Waals surface area contributed by atoms with Crippen LogP contribution in [0.1, 0.15) is 38.8 Å². The first kappa shape index (κ1) is 11.2. The molecule has 1 atom stereocenters. The van der Waals surface area contributed by atoms with Crippen molar-refractivity contribution in [2.24, 2.45) is 13.0 Å². The average Bonchev–Trinajstić information content (AvgIpc) is 2.51. The molecule has 0 aromatic carbocycles. The summed E-state index contributed by atoms with van der Waals surface area (Å²) >= 11 is 0. The van der Waals surface area contributed by atoms with E-state index in [0.29, 0.717) is 6.04 Å². The van der Waals surface area contributed by atoms with Gasteiger partial charge in [-0.15, -0.1) is 0 Å². The molecule has 1 heterocycles. The van der Waals surface area contributed by atoms with Gasteiger partial charge in [-0.1, -0.05) is 13.8 Å². The number of nitrogens with zero attached hydrogens (tertiary/aromatic N) is 2. The normalized spacial score (nSPS) is 13.5. The van der Waals surface area contributed by atoms with Gasteiger partial charge in [0.15, 0.2) is 0 Å². The fourth-order valence-electron chi connectivity index (χ4n) is 1.37. The fraction of sp³-hybridized carbons (Fsp3) is 0.727. The quantitative estimate of drug-likeness (QED) is 0.780. The van der Waals surface area contributed by atoms with E-state index in [1.807, 2.05) is 17.9 Å². The highest BCUT2D eigenvalue weighted by atomic mass is 15.2. The third-order valence-corrected chi connectivity index (χ3v) is 2.40. The minimum absolute atomic E-state index is 0.405. The third kappa shape index (κ3) is 3.50. The minimum atomic E-state index is 0.405. The maximum Gasteiger partial charge on any atom is 0.0537 e. The Morgan fingerprint density at radius 1 is 1.43 bits per heavy atom. The van der Waals surface area contributed by atoms with Crippen LogP contribution in [-0.4, -0.2) is 16.3 Å². The second-order valence-corrected chi connectivity index (χ2v) is 4.31. The summed E-state index contributed by atoms with van der Waals surface area (Å²) < 4.78 is 1.84. The lowest BCUT2D eigenvalue weighted by Crippen LogP contribution is -2.20. The zero-order valence-corrected chi connectivity index (χ0v) is 9.62. The largest absolute Gasteiger partial charge is 0.310 e. The van der Waals surface area contributed by atoms with Gasteiger partial charge in [0.25, 0.3) is 0 Å². The van der Waals surface area contributed by atoms with E-state index in [1.165, 1.54) is 12.0 Å². The van der Waals surface area contributed by atoms with Crippen molar-refractivity contribution in [1.82, 2.24) is 15.1 Å². The van der Waals surface area contributed by atoms with Gasteiger partial charge in [0.1, 0.15) is 0 Å². The van der Waals surface area contributed by atoms with Crippen LogP contribution in [0.5, 0.6) is 0 Å². The highest BCUT2D eigenvalue weighted by molar-refractivity contribution is 5.08. The van der Waals surface area contributed by atoms with E-state index in [4.69, 9.17) is 0 Å². The Hall–Kier alpha value is -0.830. The lowest BCUT2D eigenvalue weighted by Gasteiger charge is -2.12. The highest BCUT2D eigenvalue weighted by Crippen LogP contribution is 2.10. The van der Waals surface area contributed by atoms with E-state index in [2.05, 4.69) is 37.4 Å². The van der Waals surface area contributed by atoms with Crippen LogP contribution in [0.15, 0.2) is 12.4 Å². The second kappa shape index (κ2) is 5.15. The van der Waals surface area contributed by atoms with Gasteiger partial charge in [0.2, 0.25) is 0 Å². The van der Waals surface area contributed by atoms with Crippen molar-refractivity contribution in [3.8, 4) is 0 Å². The van der Waals surface area contributed by atoms with Crippen molar-refractivity contribution >= 4 is 0 Å². The van der Waals surface area contributed by atoms with Gasteiger partial charge in [0.05, 0.1) is 6.20 Å². The molecule has 0 amide bonds. The molecule has 0 unspecified atom stereocenters. The van der Waals surface area contributed by atoms with Crippen molar-refractivity contribution in [2.45, 2.75) is 33.2 Å². The van der Waals surface area contributed by atoms with Gasteiger partial charge in [-0.2, -0.15) is 5.10 Å². The molecule has 0 aliphatic rings. The molecule has 0 fully saturated rings. The Morgan fingerprint density at radius 3 is 2.64 bits per heavy atom. The summed E-state index contributed by atoms with van der Waals surface area (Å²) in [7, 11) is 1.95. The lowest BCUT2D eigenvalue weighted by molar-refractivity contribution is 0.497. The number of rotatable bonds is 5. The fourth-order valence-corrected chi connectivity index (χ4v) is 1.37. The Bertz CT molecular complexity index is 265. The van der Waals surface area contributed by atoms with E-state index in [-0.39, 0.29) is 0 Å². The highest BCUT2D eigenvalue weighted by Gasteiger charge is 2.06. The molecule has 0 aliphatic carbocycles. The molecule has 0 bridgehead atoms.